The van der Waals surface area contributed by atoms with E-state index in [-0.39, 0.29) is 5.69 Å². The van der Waals surface area contributed by atoms with Gasteiger partial charge in [0.05, 0.1) is 10.6 Å². The van der Waals surface area contributed by atoms with Crippen molar-refractivity contribution in [3.05, 3.63) is 33.9 Å². The molecule has 0 saturated heterocycles. The van der Waals surface area contributed by atoms with Crippen molar-refractivity contribution in [2.24, 2.45) is 16.5 Å². The van der Waals surface area contributed by atoms with Crippen LogP contribution in [0.15, 0.2) is 23.2 Å². The number of aliphatic imine (C=N–C) groups is 1. The van der Waals surface area contributed by atoms with Crippen molar-refractivity contribution < 1.29 is 18.1 Å². The summed E-state index contributed by atoms with van der Waals surface area (Å²) >= 11 is 0. The molecule has 0 aliphatic heterocycles. The largest absolute Gasteiger partial charge is 0.423 e. The van der Waals surface area contributed by atoms with Gasteiger partial charge in [0.25, 0.3) is 5.69 Å². The lowest BCUT2D eigenvalue weighted by atomic mass is 10.1. The number of nitro benzene ring substituents is 1. The van der Waals surface area contributed by atoms with Gasteiger partial charge in [-0.25, -0.2) is 4.99 Å². The van der Waals surface area contributed by atoms with Crippen LogP contribution >= 0.6 is 0 Å². The first-order valence-electron chi connectivity index (χ1n) is 4.17. The van der Waals surface area contributed by atoms with Crippen LogP contribution < -0.4 is 11.5 Å². The van der Waals surface area contributed by atoms with Gasteiger partial charge < -0.3 is 11.5 Å². The Hall–Kier alpha value is -2.32. The van der Waals surface area contributed by atoms with E-state index in [1.165, 1.54) is 0 Å². The zero-order valence-electron chi connectivity index (χ0n) is 8.23. The Kier molecular flexibility index (Phi) is 3.21. The molecule has 0 aliphatic rings. The van der Waals surface area contributed by atoms with E-state index in [1.54, 1.807) is 0 Å². The second kappa shape index (κ2) is 4.28. The lowest BCUT2D eigenvalue weighted by molar-refractivity contribution is -0.388. The summed E-state index contributed by atoms with van der Waals surface area (Å²) in [6.07, 6.45) is -4.85. The number of rotatable bonds is 2. The molecule has 9 heteroatoms. The quantitative estimate of drug-likeness (QED) is 0.358. The number of alkyl halides is 3. The summed E-state index contributed by atoms with van der Waals surface area (Å²) in [5.74, 6) is -0.438. The topological polar surface area (TPSA) is 108 Å². The maximum Gasteiger partial charge on any atom is 0.423 e. The van der Waals surface area contributed by atoms with Gasteiger partial charge in [0, 0.05) is 6.07 Å². The van der Waals surface area contributed by atoms with E-state index in [1.807, 2.05) is 0 Å². The summed E-state index contributed by atoms with van der Waals surface area (Å²) in [4.78, 5) is 12.7. The Labute approximate surface area is 92.9 Å². The number of nitro groups is 1. The van der Waals surface area contributed by atoms with E-state index in [4.69, 9.17) is 11.5 Å². The molecular weight excluding hydrogens is 241 g/mol. The van der Waals surface area contributed by atoms with Gasteiger partial charge in [-0.3, -0.25) is 10.1 Å². The molecule has 0 atom stereocenters. The molecule has 0 amide bonds. The van der Waals surface area contributed by atoms with Crippen LogP contribution in [0, 0.1) is 10.1 Å². The molecule has 6 nitrogen and oxygen atoms in total. The minimum atomic E-state index is -4.85. The van der Waals surface area contributed by atoms with Crippen molar-refractivity contribution in [3.8, 4) is 0 Å². The summed E-state index contributed by atoms with van der Waals surface area (Å²) in [5.41, 5.74) is 7.34. The van der Waals surface area contributed by atoms with Crippen LogP contribution in [-0.4, -0.2) is 10.9 Å². The van der Waals surface area contributed by atoms with Crippen molar-refractivity contribution in [2.45, 2.75) is 6.18 Å². The Morgan fingerprint density at radius 1 is 1.35 bits per heavy atom. The number of nitrogens with two attached hydrogens (primary N) is 2. The molecule has 4 N–H and O–H groups in total. The summed E-state index contributed by atoms with van der Waals surface area (Å²) < 4.78 is 37.5. The van der Waals surface area contributed by atoms with E-state index in [0.717, 1.165) is 6.07 Å². The Morgan fingerprint density at radius 3 is 2.35 bits per heavy atom. The highest BCUT2D eigenvalue weighted by atomic mass is 19.4. The van der Waals surface area contributed by atoms with Gasteiger partial charge in [-0.15, -0.1) is 0 Å². The average Bonchev–Trinajstić information content (AvgIpc) is 2.14. The van der Waals surface area contributed by atoms with Crippen molar-refractivity contribution in [2.75, 3.05) is 0 Å². The van der Waals surface area contributed by atoms with Crippen LogP contribution in [0.2, 0.25) is 0 Å². The molecule has 92 valence electrons. The monoisotopic (exact) mass is 248 g/mol. The zero-order chi connectivity index (χ0) is 13.2. The standard InChI is InChI=1S/C8H7F3N4O2/c9-8(10,11)5-3-4(14-7(12)13)1-2-6(5)15(16)17/h1-3H,(H4,12,13,14). The maximum atomic E-state index is 12.5. The minimum Gasteiger partial charge on any atom is -0.370 e. The average molecular weight is 248 g/mol. The lowest BCUT2D eigenvalue weighted by Crippen LogP contribution is -2.22. The maximum absolute atomic E-state index is 12.5. The predicted molar refractivity (Wildman–Crippen MR) is 53.6 cm³/mol. The fourth-order valence-corrected chi connectivity index (χ4v) is 1.13. The van der Waals surface area contributed by atoms with Crippen LogP contribution in [0.5, 0.6) is 0 Å². The van der Waals surface area contributed by atoms with E-state index < -0.39 is 28.3 Å². The molecule has 0 unspecified atom stereocenters. The SMILES string of the molecule is NC(N)=Nc1ccc([N+](=O)[O-])c(C(F)(F)F)c1. The number of guanidine groups is 1. The van der Waals surface area contributed by atoms with Gasteiger partial charge >= 0.3 is 6.18 Å². The van der Waals surface area contributed by atoms with Crippen molar-refractivity contribution in [1.82, 2.24) is 0 Å². The summed E-state index contributed by atoms with van der Waals surface area (Å²) in [7, 11) is 0. The third-order valence-electron chi connectivity index (χ3n) is 1.74. The Bertz CT molecular complexity index is 480. The van der Waals surface area contributed by atoms with Crippen molar-refractivity contribution in [3.63, 3.8) is 0 Å². The highest BCUT2D eigenvalue weighted by Gasteiger charge is 2.38. The van der Waals surface area contributed by atoms with E-state index in [9.17, 15) is 23.3 Å². The molecule has 1 aromatic rings. The van der Waals surface area contributed by atoms with Crippen LogP contribution in [0.25, 0.3) is 0 Å². The van der Waals surface area contributed by atoms with Gasteiger partial charge in [0.1, 0.15) is 5.56 Å². The van der Waals surface area contributed by atoms with Crippen LogP contribution in [0.3, 0.4) is 0 Å². The first-order chi connectivity index (χ1) is 7.71. The highest BCUT2D eigenvalue weighted by Crippen LogP contribution is 2.38. The second-order valence-electron chi connectivity index (χ2n) is 2.99. The normalized spacial score (nSPS) is 11.0. The molecule has 1 aromatic carbocycles. The molecule has 0 fully saturated rings. The second-order valence-corrected chi connectivity index (χ2v) is 2.99. The molecule has 1 rings (SSSR count). The number of hydrogen-bond donors (Lipinski definition) is 2. The van der Waals surface area contributed by atoms with E-state index in [0.29, 0.717) is 12.1 Å². The zero-order valence-corrected chi connectivity index (χ0v) is 8.23. The van der Waals surface area contributed by atoms with E-state index in [2.05, 4.69) is 4.99 Å². The van der Waals surface area contributed by atoms with Crippen molar-refractivity contribution in [1.29, 1.82) is 0 Å². The number of nitrogens with zero attached hydrogens (tertiary/aromatic N) is 2. The fourth-order valence-electron chi connectivity index (χ4n) is 1.13. The first-order valence-corrected chi connectivity index (χ1v) is 4.17. The van der Waals surface area contributed by atoms with Gasteiger partial charge in [-0.05, 0) is 12.1 Å². The summed E-state index contributed by atoms with van der Waals surface area (Å²) in [6.45, 7) is 0. The lowest BCUT2D eigenvalue weighted by Gasteiger charge is -2.07. The van der Waals surface area contributed by atoms with Gasteiger partial charge in [-0.2, -0.15) is 13.2 Å². The van der Waals surface area contributed by atoms with Crippen molar-refractivity contribution >= 4 is 17.3 Å². The smallest absolute Gasteiger partial charge is 0.370 e. The third-order valence-corrected chi connectivity index (χ3v) is 1.74. The molecule has 0 aromatic heterocycles. The number of benzene rings is 1. The van der Waals surface area contributed by atoms with Crippen LogP contribution in [0.1, 0.15) is 5.56 Å². The molecule has 0 heterocycles. The molecule has 0 bridgehead atoms. The van der Waals surface area contributed by atoms with Gasteiger partial charge in [0.15, 0.2) is 5.96 Å². The van der Waals surface area contributed by atoms with Crippen LogP contribution in [-0.2, 0) is 6.18 Å². The molecule has 0 aliphatic carbocycles. The molecule has 0 radical (unpaired) electrons. The fraction of sp³-hybridized carbons (Fsp3) is 0.125. The molecule has 0 spiro atoms. The third kappa shape index (κ3) is 3.06. The van der Waals surface area contributed by atoms with Gasteiger partial charge in [-0.1, -0.05) is 0 Å². The van der Waals surface area contributed by atoms with Crippen LogP contribution in [0.4, 0.5) is 24.5 Å². The predicted octanol–water partition coefficient (Wildman–Crippen LogP) is 1.52. The summed E-state index contributed by atoms with van der Waals surface area (Å²) in [6, 6.07) is 2.23. The van der Waals surface area contributed by atoms with E-state index >= 15 is 0 Å². The molecule has 17 heavy (non-hydrogen) atoms. The number of halogens is 3. The minimum absolute atomic E-state index is 0.206. The number of hydrogen-bond acceptors (Lipinski definition) is 3. The highest BCUT2D eigenvalue weighted by molar-refractivity contribution is 5.79. The Balaban J connectivity index is 3.40. The molecule has 0 saturated carbocycles. The first kappa shape index (κ1) is 12.7. The molecular formula is C8H7F3N4O2. The van der Waals surface area contributed by atoms with Gasteiger partial charge in [0.2, 0.25) is 0 Å². The Morgan fingerprint density at radius 2 is 1.94 bits per heavy atom. The summed E-state index contributed by atoms with van der Waals surface area (Å²) in [5, 5.41) is 10.4.